The highest BCUT2D eigenvalue weighted by atomic mass is 16.1. The first-order valence-electron chi connectivity index (χ1n) is 2.74. The van der Waals surface area contributed by atoms with Gasteiger partial charge in [-0.2, -0.15) is 10.2 Å². The van der Waals surface area contributed by atoms with E-state index in [0.717, 1.165) is 13.0 Å². The van der Waals surface area contributed by atoms with E-state index in [9.17, 15) is 4.79 Å². The van der Waals surface area contributed by atoms with Crippen molar-refractivity contribution in [1.29, 1.82) is 0 Å². The van der Waals surface area contributed by atoms with Crippen molar-refractivity contribution in [2.45, 2.75) is 12.8 Å². The summed E-state index contributed by atoms with van der Waals surface area (Å²) in [5.74, 6) is 0.214. The Morgan fingerprint density at radius 3 is 3.12 bits per heavy atom. The van der Waals surface area contributed by atoms with Crippen molar-refractivity contribution >= 4 is 5.78 Å². The Morgan fingerprint density at radius 2 is 2.25 bits per heavy atom. The minimum Gasteiger partial charge on any atom is -0.298 e. The standard InChI is InChI=1S/C5H8N2O/c8-5-2-1-3-6-7-4-5/h1-4H2. The lowest BCUT2D eigenvalue weighted by atomic mass is 10.2. The van der Waals surface area contributed by atoms with Gasteiger partial charge in [0.25, 0.3) is 0 Å². The Hall–Kier alpha value is -0.730. The van der Waals surface area contributed by atoms with Gasteiger partial charge >= 0.3 is 0 Å². The van der Waals surface area contributed by atoms with Crippen molar-refractivity contribution < 1.29 is 4.79 Å². The predicted octanol–water partition coefficient (Wildman–Crippen LogP) is 0.802. The fourth-order valence-corrected chi connectivity index (χ4v) is 0.626. The highest BCUT2D eigenvalue weighted by Crippen LogP contribution is 1.97. The summed E-state index contributed by atoms with van der Waals surface area (Å²) in [6.45, 7) is 1.03. The monoisotopic (exact) mass is 112 g/mol. The van der Waals surface area contributed by atoms with Gasteiger partial charge < -0.3 is 0 Å². The molecule has 0 radical (unpaired) electrons. The minimum atomic E-state index is 0.214. The molecule has 3 nitrogen and oxygen atoms in total. The predicted molar refractivity (Wildman–Crippen MR) is 28.8 cm³/mol. The maximum absolute atomic E-state index is 10.5. The van der Waals surface area contributed by atoms with Crippen LogP contribution in [-0.4, -0.2) is 18.9 Å². The molecule has 0 unspecified atom stereocenters. The number of ketones is 1. The van der Waals surface area contributed by atoms with Crippen molar-refractivity contribution in [2.24, 2.45) is 10.2 Å². The van der Waals surface area contributed by atoms with Gasteiger partial charge in [0.15, 0.2) is 5.78 Å². The van der Waals surface area contributed by atoms with Gasteiger partial charge in [0.2, 0.25) is 0 Å². The van der Waals surface area contributed by atoms with Crippen LogP contribution in [-0.2, 0) is 4.79 Å². The van der Waals surface area contributed by atoms with Gasteiger partial charge in [-0.15, -0.1) is 0 Å². The van der Waals surface area contributed by atoms with Crippen molar-refractivity contribution in [1.82, 2.24) is 0 Å². The Kier molecular flexibility index (Phi) is 1.72. The zero-order valence-electron chi connectivity index (χ0n) is 4.63. The second kappa shape index (κ2) is 2.55. The van der Waals surface area contributed by atoms with Crippen molar-refractivity contribution in [3.63, 3.8) is 0 Å². The van der Waals surface area contributed by atoms with Gasteiger partial charge in [0, 0.05) is 6.42 Å². The largest absolute Gasteiger partial charge is 0.298 e. The van der Waals surface area contributed by atoms with E-state index in [0.29, 0.717) is 13.0 Å². The fourth-order valence-electron chi connectivity index (χ4n) is 0.626. The highest BCUT2D eigenvalue weighted by Gasteiger charge is 2.01. The van der Waals surface area contributed by atoms with Crippen LogP contribution in [0, 0.1) is 0 Å². The molecule has 1 rings (SSSR count). The maximum Gasteiger partial charge on any atom is 0.156 e. The number of carbonyl (C=O) groups excluding carboxylic acids is 1. The average Bonchev–Trinajstić information content (AvgIpc) is 1.94. The van der Waals surface area contributed by atoms with E-state index >= 15 is 0 Å². The highest BCUT2D eigenvalue weighted by molar-refractivity contribution is 5.80. The van der Waals surface area contributed by atoms with E-state index in [-0.39, 0.29) is 5.78 Å². The quantitative estimate of drug-likeness (QED) is 0.457. The molecule has 0 N–H and O–H groups in total. The van der Waals surface area contributed by atoms with E-state index in [2.05, 4.69) is 10.2 Å². The Morgan fingerprint density at radius 1 is 1.38 bits per heavy atom. The molecular weight excluding hydrogens is 104 g/mol. The Bertz CT molecular complexity index is 120. The van der Waals surface area contributed by atoms with Gasteiger partial charge in [-0.25, -0.2) is 0 Å². The maximum atomic E-state index is 10.5. The summed E-state index contributed by atoms with van der Waals surface area (Å²) in [4.78, 5) is 10.5. The lowest BCUT2D eigenvalue weighted by molar-refractivity contribution is -0.117. The Labute approximate surface area is 47.8 Å². The smallest absolute Gasteiger partial charge is 0.156 e. The van der Waals surface area contributed by atoms with E-state index < -0.39 is 0 Å². The van der Waals surface area contributed by atoms with E-state index in [1.54, 1.807) is 0 Å². The molecule has 1 aliphatic rings. The molecular formula is C5H8N2O. The van der Waals surface area contributed by atoms with Crippen molar-refractivity contribution in [3.05, 3.63) is 0 Å². The normalized spacial score (nSPS) is 20.8. The van der Waals surface area contributed by atoms with E-state index in [1.165, 1.54) is 0 Å². The van der Waals surface area contributed by atoms with Crippen LogP contribution in [0.4, 0.5) is 0 Å². The Balaban J connectivity index is 2.41. The molecule has 0 atom stereocenters. The molecule has 44 valence electrons. The summed E-state index contributed by atoms with van der Waals surface area (Å²) >= 11 is 0. The number of hydrogen-bond acceptors (Lipinski definition) is 3. The van der Waals surface area contributed by atoms with Gasteiger partial charge in [-0.1, -0.05) is 0 Å². The van der Waals surface area contributed by atoms with Crippen LogP contribution in [0.25, 0.3) is 0 Å². The molecule has 0 aromatic carbocycles. The average molecular weight is 112 g/mol. The molecule has 0 aromatic rings. The molecule has 0 aromatic heterocycles. The molecule has 1 aliphatic heterocycles. The molecule has 0 saturated carbocycles. The molecule has 0 spiro atoms. The lowest BCUT2D eigenvalue weighted by Gasteiger charge is -1.84. The van der Waals surface area contributed by atoms with Crippen LogP contribution in [0.2, 0.25) is 0 Å². The third kappa shape index (κ3) is 1.40. The number of hydrogen-bond donors (Lipinski definition) is 0. The summed E-state index contributed by atoms with van der Waals surface area (Å²) in [5, 5.41) is 7.35. The number of carbonyl (C=O) groups is 1. The molecule has 0 fully saturated rings. The molecule has 1 heterocycles. The van der Waals surface area contributed by atoms with Gasteiger partial charge in [-0.05, 0) is 6.42 Å². The lowest BCUT2D eigenvalue weighted by Crippen LogP contribution is -1.98. The summed E-state index contributed by atoms with van der Waals surface area (Å²) in [6, 6.07) is 0. The summed E-state index contributed by atoms with van der Waals surface area (Å²) < 4.78 is 0. The number of rotatable bonds is 0. The molecule has 0 amide bonds. The SMILES string of the molecule is O=C1CCCN=NC1. The van der Waals surface area contributed by atoms with Gasteiger partial charge in [0.1, 0.15) is 6.54 Å². The second-order valence-electron chi connectivity index (χ2n) is 1.81. The minimum absolute atomic E-state index is 0.214. The van der Waals surface area contributed by atoms with Gasteiger partial charge in [-0.3, -0.25) is 4.79 Å². The second-order valence-corrected chi connectivity index (χ2v) is 1.81. The molecule has 0 saturated heterocycles. The third-order valence-corrected chi connectivity index (χ3v) is 1.06. The number of Topliss-reactive ketones (excluding diaryl/α,β-unsaturated/α-hetero) is 1. The first-order chi connectivity index (χ1) is 3.89. The molecule has 0 bridgehead atoms. The fraction of sp³-hybridized carbons (Fsp3) is 0.800. The summed E-state index contributed by atoms with van der Waals surface area (Å²) in [6.07, 6.45) is 1.54. The summed E-state index contributed by atoms with van der Waals surface area (Å²) in [5.41, 5.74) is 0. The van der Waals surface area contributed by atoms with Crippen molar-refractivity contribution in [3.8, 4) is 0 Å². The van der Waals surface area contributed by atoms with Crippen LogP contribution in [0.5, 0.6) is 0 Å². The number of azo groups is 1. The van der Waals surface area contributed by atoms with Crippen LogP contribution >= 0.6 is 0 Å². The molecule has 3 heteroatoms. The van der Waals surface area contributed by atoms with Crippen molar-refractivity contribution in [2.75, 3.05) is 13.1 Å². The van der Waals surface area contributed by atoms with E-state index in [4.69, 9.17) is 0 Å². The van der Waals surface area contributed by atoms with Crippen LogP contribution in [0.1, 0.15) is 12.8 Å². The third-order valence-electron chi connectivity index (χ3n) is 1.06. The topological polar surface area (TPSA) is 41.8 Å². The van der Waals surface area contributed by atoms with Crippen LogP contribution < -0.4 is 0 Å². The van der Waals surface area contributed by atoms with Crippen LogP contribution in [0.3, 0.4) is 0 Å². The zero-order valence-corrected chi connectivity index (χ0v) is 4.63. The zero-order chi connectivity index (χ0) is 5.82. The molecule has 0 aliphatic carbocycles. The molecule has 8 heavy (non-hydrogen) atoms. The first kappa shape index (κ1) is 5.41. The van der Waals surface area contributed by atoms with Crippen LogP contribution in [0.15, 0.2) is 10.2 Å². The number of nitrogens with zero attached hydrogens (tertiary/aromatic N) is 2. The van der Waals surface area contributed by atoms with Gasteiger partial charge in [0.05, 0.1) is 6.54 Å². The first-order valence-corrected chi connectivity index (χ1v) is 2.74. The summed E-state index contributed by atoms with van der Waals surface area (Å²) in [7, 11) is 0. The van der Waals surface area contributed by atoms with E-state index in [1.807, 2.05) is 0 Å².